The summed E-state index contributed by atoms with van der Waals surface area (Å²) in [4.78, 5) is 57.8. The Labute approximate surface area is 281 Å². The topological polar surface area (TPSA) is 117 Å². The van der Waals surface area contributed by atoms with E-state index in [1.165, 1.54) is 35.4 Å². The fourth-order valence-electron chi connectivity index (χ4n) is 5.97. The second-order valence-corrected chi connectivity index (χ2v) is 12.8. The SMILES string of the molecule is Cc1ccc(-c2ccc(C#N)c(SC3CC(=O)N(c4ccc(C(=O)OCC(=O)c5ccc6c(c5)Cc5ccccc5-6)cc4)C3=O)n2)cc1. The first-order chi connectivity index (χ1) is 23.3. The number of nitrogens with zero attached hydrogens (tertiary/aromatic N) is 3. The number of hydrogen-bond donors (Lipinski definition) is 0. The highest BCUT2D eigenvalue weighted by Crippen LogP contribution is 2.37. The first-order valence-electron chi connectivity index (χ1n) is 15.3. The number of hydrogen-bond acceptors (Lipinski definition) is 8. The van der Waals surface area contributed by atoms with Crippen LogP contribution in [-0.2, 0) is 20.7 Å². The molecule has 0 spiro atoms. The van der Waals surface area contributed by atoms with E-state index >= 15 is 0 Å². The fourth-order valence-corrected chi connectivity index (χ4v) is 7.06. The normalized spacial score (nSPS) is 14.8. The Balaban J connectivity index is 0.990. The van der Waals surface area contributed by atoms with E-state index in [1.807, 2.05) is 55.5 Å². The van der Waals surface area contributed by atoms with E-state index in [9.17, 15) is 24.4 Å². The minimum Gasteiger partial charge on any atom is -0.454 e. The number of ketones is 1. The van der Waals surface area contributed by atoms with Crippen LogP contribution in [0.2, 0.25) is 0 Å². The molecule has 1 aliphatic carbocycles. The van der Waals surface area contributed by atoms with Gasteiger partial charge in [0.25, 0.3) is 0 Å². The number of carbonyl (C=O) groups excluding carboxylic acids is 4. The number of benzene rings is 4. The van der Waals surface area contributed by atoms with Crippen LogP contribution in [0.4, 0.5) is 5.69 Å². The predicted molar refractivity (Wildman–Crippen MR) is 182 cm³/mol. The molecule has 0 bridgehead atoms. The van der Waals surface area contributed by atoms with E-state index < -0.39 is 29.6 Å². The highest BCUT2D eigenvalue weighted by molar-refractivity contribution is 8.00. The fraction of sp³-hybridized carbons (Fsp3) is 0.128. The lowest BCUT2D eigenvalue weighted by Crippen LogP contribution is -2.31. The van der Waals surface area contributed by atoms with Crippen LogP contribution < -0.4 is 4.90 Å². The number of carbonyl (C=O) groups is 4. The van der Waals surface area contributed by atoms with Gasteiger partial charge in [0.05, 0.1) is 27.8 Å². The highest BCUT2D eigenvalue weighted by Gasteiger charge is 2.41. The molecule has 0 saturated carbocycles. The van der Waals surface area contributed by atoms with E-state index in [2.05, 4.69) is 23.2 Å². The van der Waals surface area contributed by atoms with Gasteiger partial charge in [0, 0.05) is 17.5 Å². The summed E-state index contributed by atoms with van der Waals surface area (Å²) >= 11 is 1.09. The Morgan fingerprint density at radius 1 is 0.896 bits per heavy atom. The van der Waals surface area contributed by atoms with Crippen LogP contribution in [0.25, 0.3) is 22.4 Å². The molecule has 0 N–H and O–H groups in total. The number of esters is 1. The molecule has 8 nitrogen and oxygen atoms in total. The molecule has 1 unspecified atom stereocenters. The second kappa shape index (κ2) is 12.7. The zero-order valence-electron chi connectivity index (χ0n) is 25.8. The summed E-state index contributed by atoms with van der Waals surface area (Å²) in [5.41, 5.74) is 8.47. The molecule has 0 radical (unpaired) electrons. The molecule has 5 aromatic rings. The summed E-state index contributed by atoms with van der Waals surface area (Å²) < 4.78 is 5.31. The summed E-state index contributed by atoms with van der Waals surface area (Å²) in [5, 5.41) is 9.28. The van der Waals surface area contributed by atoms with Crippen LogP contribution in [0.1, 0.15) is 49.4 Å². The molecule has 4 aromatic carbocycles. The summed E-state index contributed by atoms with van der Waals surface area (Å²) in [5.74, 6) is -1.84. The van der Waals surface area contributed by atoms with Crippen molar-refractivity contribution in [1.29, 1.82) is 5.26 Å². The number of ether oxygens (including phenoxy) is 1. The lowest BCUT2D eigenvalue weighted by atomic mass is 10.0. The zero-order valence-corrected chi connectivity index (χ0v) is 26.6. The molecular weight excluding hydrogens is 623 g/mol. The maximum Gasteiger partial charge on any atom is 0.338 e. The van der Waals surface area contributed by atoms with Gasteiger partial charge in [0.15, 0.2) is 12.4 Å². The van der Waals surface area contributed by atoms with Gasteiger partial charge in [-0.05, 0) is 78.1 Å². The average molecular weight is 650 g/mol. The third-order valence-corrected chi connectivity index (χ3v) is 9.69. The van der Waals surface area contributed by atoms with E-state index in [-0.39, 0.29) is 17.8 Å². The van der Waals surface area contributed by atoms with Crippen molar-refractivity contribution in [3.63, 3.8) is 0 Å². The van der Waals surface area contributed by atoms with Gasteiger partial charge in [0.1, 0.15) is 11.1 Å². The van der Waals surface area contributed by atoms with Gasteiger partial charge in [0.2, 0.25) is 11.8 Å². The van der Waals surface area contributed by atoms with Crippen LogP contribution in [-0.4, -0.2) is 40.4 Å². The van der Waals surface area contributed by atoms with Crippen molar-refractivity contribution in [2.24, 2.45) is 0 Å². The quantitative estimate of drug-likeness (QED) is 0.0987. The Kier molecular flexibility index (Phi) is 8.17. The molecule has 1 aromatic heterocycles. The van der Waals surface area contributed by atoms with Gasteiger partial charge in [-0.2, -0.15) is 5.26 Å². The highest BCUT2D eigenvalue weighted by atomic mass is 32.2. The van der Waals surface area contributed by atoms with Crippen LogP contribution in [0, 0.1) is 18.3 Å². The Bertz CT molecular complexity index is 2170. The smallest absolute Gasteiger partial charge is 0.338 e. The van der Waals surface area contributed by atoms with Crippen LogP contribution >= 0.6 is 11.8 Å². The number of Topliss-reactive ketones (excluding diaryl/α,β-unsaturated/α-hetero) is 1. The maximum absolute atomic E-state index is 13.4. The molecule has 234 valence electrons. The molecular formula is C39H27N3O5S. The third-order valence-electron chi connectivity index (χ3n) is 8.50. The average Bonchev–Trinajstić information content (AvgIpc) is 3.62. The standard InChI is InChI=1S/C39H27N3O5S/c1-23-6-8-24(9-7-23)33-17-13-28(21-40)37(41-33)48-35-20-36(44)42(38(35)45)30-14-10-25(11-15-30)39(46)47-22-34(43)27-12-16-32-29(19-27)18-26-4-2-3-5-31(26)32/h2-17,19,35H,18,20,22H2,1H3. The zero-order chi connectivity index (χ0) is 33.4. The van der Waals surface area contributed by atoms with E-state index in [0.29, 0.717) is 27.5 Å². The summed E-state index contributed by atoms with van der Waals surface area (Å²) in [6.07, 6.45) is 0.685. The molecule has 2 aliphatic rings. The molecule has 2 amide bonds. The van der Waals surface area contributed by atoms with E-state index in [1.54, 1.807) is 18.2 Å². The van der Waals surface area contributed by atoms with Gasteiger partial charge in [-0.15, -0.1) is 0 Å². The molecule has 1 saturated heterocycles. The number of rotatable bonds is 8. The molecule has 1 aliphatic heterocycles. The van der Waals surface area contributed by atoms with Crippen molar-refractivity contribution in [1.82, 2.24) is 4.98 Å². The number of nitriles is 1. The number of pyridine rings is 1. The van der Waals surface area contributed by atoms with Crippen LogP contribution in [0.5, 0.6) is 0 Å². The van der Waals surface area contributed by atoms with Crippen molar-refractivity contribution in [3.05, 3.63) is 137 Å². The van der Waals surface area contributed by atoms with Gasteiger partial charge < -0.3 is 4.74 Å². The number of fused-ring (bicyclic) bond motifs is 3. The van der Waals surface area contributed by atoms with Crippen LogP contribution in [0.3, 0.4) is 0 Å². The second-order valence-electron chi connectivity index (χ2n) is 11.7. The Morgan fingerprint density at radius 2 is 1.62 bits per heavy atom. The summed E-state index contributed by atoms with van der Waals surface area (Å²) in [7, 11) is 0. The number of imide groups is 1. The first-order valence-corrected chi connectivity index (χ1v) is 16.2. The number of aromatic nitrogens is 1. The van der Waals surface area contributed by atoms with Gasteiger partial charge in [-0.1, -0.05) is 78.0 Å². The largest absolute Gasteiger partial charge is 0.454 e. The monoisotopic (exact) mass is 649 g/mol. The number of aryl methyl sites for hydroxylation is 1. The van der Waals surface area contributed by atoms with Crippen molar-refractivity contribution in [2.45, 2.75) is 30.0 Å². The van der Waals surface area contributed by atoms with Crippen molar-refractivity contribution in [3.8, 4) is 28.5 Å². The predicted octanol–water partition coefficient (Wildman–Crippen LogP) is 6.96. The molecule has 7 rings (SSSR count). The first kappa shape index (κ1) is 30.8. The van der Waals surface area contributed by atoms with Gasteiger partial charge in [-0.3, -0.25) is 14.4 Å². The van der Waals surface area contributed by atoms with E-state index in [0.717, 1.165) is 45.3 Å². The minimum atomic E-state index is -0.769. The summed E-state index contributed by atoms with van der Waals surface area (Å²) in [6.45, 7) is 1.57. The molecule has 1 atom stereocenters. The van der Waals surface area contributed by atoms with Gasteiger partial charge in [-0.25, -0.2) is 14.7 Å². The van der Waals surface area contributed by atoms with Crippen molar-refractivity contribution < 1.29 is 23.9 Å². The molecule has 48 heavy (non-hydrogen) atoms. The number of amides is 2. The molecule has 2 heterocycles. The van der Waals surface area contributed by atoms with Crippen molar-refractivity contribution in [2.75, 3.05) is 11.5 Å². The summed E-state index contributed by atoms with van der Waals surface area (Å²) in [6, 6.07) is 32.9. The number of thioether (sulfide) groups is 1. The van der Waals surface area contributed by atoms with Crippen molar-refractivity contribution >= 4 is 41.0 Å². The maximum atomic E-state index is 13.4. The van der Waals surface area contributed by atoms with E-state index in [4.69, 9.17) is 4.74 Å². The molecule has 9 heteroatoms. The Hall–Kier alpha value is -5.85. The Morgan fingerprint density at radius 3 is 2.40 bits per heavy atom. The van der Waals surface area contributed by atoms with Crippen LogP contribution in [0.15, 0.2) is 108 Å². The van der Waals surface area contributed by atoms with Gasteiger partial charge >= 0.3 is 5.97 Å². The minimum absolute atomic E-state index is 0.0640. The lowest BCUT2D eigenvalue weighted by molar-refractivity contribution is -0.121. The lowest BCUT2D eigenvalue weighted by Gasteiger charge is -2.15. The molecule has 1 fully saturated rings. The number of anilines is 1. The third kappa shape index (κ3) is 5.90.